The highest BCUT2D eigenvalue weighted by molar-refractivity contribution is 5.97. The molecule has 16 heavy (non-hydrogen) atoms. The lowest BCUT2D eigenvalue weighted by Crippen LogP contribution is -2.59. The molecule has 1 aliphatic rings. The topological polar surface area (TPSA) is 20.3 Å². The van der Waals surface area contributed by atoms with Crippen molar-refractivity contribution in [2.45, 2.75) is 24.8 Å². The molecular formula is C14H17NO. The van der Waals surface area contributed by atoms with Crippen LogP contribution in [0.5, 0.6) is 0 Å². The van der Waals surface area contributed by atoms with E-state index in [2.05, 4.69) is 11.5 Å². The highest BCUT2D eigenvalue weighted by Crippen LogP contribution is 2.39. The van der Waals surface area contributed by atoms with E-state index in [-0.39, 0.29) is 5.54 Å². The largest absolute Gasteiger partial charge is 0.362 e. The summed E-state index contributed by atoms with van der Waals surface area (Å²) in [6.45, 7) is 3.76. The molecular weight excluding hydrogens is 198 g/mol. The molecule has 0 bridgehead atoms. The Labute approximate surface area is 96.6 Å². The number of likely N-dealkylation sites (N-methyl/N-ethyl adjacent to an activating group) is 1. The van der Waals surface area contributed by atoms with Gasteiger partial charge in [0, 0.05) is 19.2 Å². The van der Waals surface area contributed by atoms with Crippen molar-refractivity contribution in [1.82, 2.24) is 0 Å². The molecule has 2 heteroatoms. The maximum absolute atomic E-state index is 11.9. The fourth-order valence-corrected chi connectivity index (χ4v) is 2.36. The number of carbonyl (C=O) groups excluding carboxylic acids is 1. The van der Waals surface area contributed by atoms with Crippen LogP contribution >= 0.6 is 0 Å². The first-order valence-corrected chi connectivity index (χ1v) is 5.64. The summed E-state index contributed by atoms with van der Waals surface area (Å²) in [5.74, 6) is 0.332. The van der Waals surface area contributed by atoms with Gasteiger partial charge in [-0.15, -0.1) is 6.58 Å². The molecule has 1 atom stereocenters. The Morgan fingerprint density at radius 1 is 1.44 bits per heavy atom. The predicted molar refractivity (Wildman–Crippen MR) is 66.6 cm³/mol. The average molecular weight is 215 g/mol. The predicted octanol–water partition coefficient (Wildman–Crippen LogP) is 2.80. The van der Waals surface area contributed by atoms with Crippen molar-refractivity contribution in [2.75, 3.05) is 11.9 Å². The quantitative estimate of drug-likeness (QED) is 0.720. The van der Waals surface area contributed by atoms with Gasteiger partial charge in [-0.1, -0.05) is 24.3 Å². The van der Waals surface area contributed by atoms with Crippen LogP contribution in [-0.2, 0) is 4.79 Å². The molecule has 1 aromatic rings. The Balaban J connectivity index is 2.28. The normalized spacial score (nSPS) is 23.7. The van der Waals surface area contributed by atoms with Gasteiger partial charge in [0.05, 0.1) is 0 Å². The van der Waals surface area contributed by atoms with Crippen molar-refractivity contribution in [3.63, 3.8) is 0 Å². The summed E-state index contributed by atoms with van der Waals surface area (Å²) >= 11 is 0. The van der Waals surface area contributed by atoms with E-state index in [0.29, 0.717) is 12.2 Å². The summed E-state index contributed by atoms with van der Waals surface area (Å²) in [6, 6.07) is 10.1. The SMILES string of the molecule is C=CCC1(N(C)c2ccccc2)CCC1=O. The number of rotatable bonds is 4. The third-order valence-corrected chi connectivity index (χ3v) is 3.55. The van der Waals surface area contributed by atoms with Gasteiger partial charge in [-0.2, -0.15) is 0 Å². The standard InChI is InChI=1S/C14H17NO/c1-3-10-14(11-9-13(14)16)15(2)12-7-5-4-6-8-12/h3-8H,1,9-11H2,2H3. The number of Topliss-reactive ketones (excluding diaryl/α,β-unsaturated/α-hetero) is 1. The van der Waals surface area contributed by atoms with E-state index >= 15 is 0 Å². The lowest BCUT2D eigenvalue weighted by atomic mass is 9.71. The van der Waals surface area contributed by atoms with Crippen LogP contribution < -0.4 is 4.90 Å². The van der Waals surface area contributed by atoms with Gasteiger partial charge in [0.15, 0.2) is 5.78 Å². The third-order valence-electron chi connectivity index (χ3n) is 3.55. The van der Waals surface area contributed by atoms with Gasteiger partial charge in [-0.3, -0.25) is 4.79 Å². The molecule has 2 nitrogen and oxygen atoms in total. The number of anilines is 1. The molecule has 0 radical (unpaired) electrons. The summed E-state index contributed by atoms with van der Waals surface area (Å²) in [7, 11) is 2.00. The minimum Gasteiger partial charge on any atom is -0.362 e. The highest BCUT2D eigenvalue weighted by Gasteiger charge is 2.48. The Morgan fingerprint density at radius 3 is 2.56 bits per heavy atom. The second kappa shape index (κ2) is 4.12. The monoisotopic (exact) mass is 215 g/mol. The van der Waals surface area contributed by atoms with E-state index in [1.165, 1.54) is 0 Å². The summed E-state index contributed by atoms with van der Waals surface area (Å²) in [5.41, 5.74) is 0.765. The maximum atomic E-state index is 11.9. The molecule has 1 aliphatic carbocycles. The second-order valence-electron chi connectivity index (χ2n) is 4.34. The Kier molecular flexibility index (Phi) is 2.82. The first kappa shape index (κ1) is 10.9. The number of carbonyl (C=O) groups is 1. The maximum Gasteiger partial charge on any atom is 0.158 e. The number of para-hydroxylation sites is 1. The fraction of sp³-hybridized carbons (Fsp3) is 0.357. The zero-order chi connectivity index (χ0) is 11.6. The van der Waals surface area contributed by atoms with Crippen molar-refractivity contribution >= 4 is 11.5 Å². The Hall–Kier alpha value is -1.57. The molecule has 0 saturated heterocycles. The number of nitrogens with zero attached hydrogens (tertiary/aromatic N) is 1. The smallest absolute Gasteiger partial charge is 0.158 e. The van der Waals surface area contributed by atoms with Crippen LogP contribution in [0.25, 0.3) is 0 Å². The average Bonchev–Trinajstić information content (AvgIpc) is 2.34. The van der Waals surface area contributed by atoms with Crippen molar-refractivity contribution in [3.05, 3.63) is 43.0 Å². The van der Waals surface area contributed by atoms with Crippen LogP contribution in [0.1, 0.15) is 19.3 Å². The molecule has 0 amide bonds. The van der Waals surface area contributed by atoms with Crippen molar-refractivity contribution in [2.24, 2.45) is 0 Å². The van der Waals surface area contributed by atoms with Gasteiger partial charge in [-0.05, 0) is 25.0 Å². The molecule has 0 aromatic heterocycles. The molecule has 84 valence electrons. The highest BCUT2D eigenvalue weighted by atomic mass is 16.1. The van der Waals surface area contributed by atoms with E-state index in [1.54, 1.807) is 0 Å². The number of hydrogen-bond acceptors (Lipinski definition) is 2. The Morgan fingerprint density at radius 2 is 2.12 bits per heavy atom. The fourth-order valence-electron chi connectivity index (χ4n) is 2.36. The number of hydrogen-bond donors (Lipinski definition) is 0. The van der Waals surface area contributed by atoms with Crippen LogP contribution in [0.3, 0.4) is 0 Å². The van der Waals surface area contributed by atoms with Crippen LogP contribution in [-0.4, -0.2) is 18.4 Å². The third kappa shape index (κ3) is 1.54. The van der Waals surface area contributed by atoms with Crippen molar-refractivity contribution < 1.29 is 4.79 Å². The first-order chi connectivity index (χ1) is 7.70. The molecule has 0 aliphatic heterocycles. The van der Waals surface area contributed by atoms with Crippen molar-refractivity contribution in [3.8, 4) is 0 Å². The van der Waals surface area contributed by atoms with Crippen LogP contribution in [0.15, 0.2) is 43.0 Å². The van der Waals surface area contributed by atoms with Gasteiger partial charge in [0.2, 0.25) is 0 Å². The van der Waals surface area contributed by atoms with Crippen LogP contribution in [0, 0.1) is 0 Å². The number of ketones is 1. The Bertz CT molecular complexity index is 398. The van der Waals surface area contributed by atoms with Gasteiger partial charge in [0.1, 0.15) is 5.54 Å². The van der Waals surface area contributed by atoms with Crippen LogP contribution in [0.4, 0.5) is 5.69 Å². The molecule has 1 saturated carbocycles. The molecule has 1 aromatic carbocycles. The molecule has 0 N–H and O–H groups in total. The molecule has 1 fully saturated rings. The summed E-state index contributed by atoms with van der Waals surface area (Å²) in [5, 5.41) is 0. The molecule has 2 rings (SSSR count). The lowest BCUT2D eigenvalue weighted by Gasteiger charge is -2.47. The molecule has 1 unspecified atom stereocenters. The minimum atomic E-state index is -0.330. The minimum absolute atomic E-state index is 0.330. The zero-order valence-corrected chi connectivity index (χ0v) is 9.65. The van der Waals surface area contributed by atoms with Gasteiger partial charge >= 0.3 is 0 Å². The van der Waals surface area contributed by atoms with Gasteiger partial charge < -0.3 is 4.90 Å². The zero-order valence-electron chi connectivity index (χ0n) is 9.65. The summed E-state index contributed by atoms with van der Waals surface area (Å²) in [4.78, 5) is 14.0. The van der Waals surface area contributed by atoms with Gasteiger partial charge in [0.25, 0.3) is 0 Å². The van der Waals surface area contributed by atoms with E-state index in [0.717, 1.165) is 18.5 Å². The molecule has 0 heterocycles. The van der Waals surface area contributed by atoms with Crippen molar-refractivity contribution in [1.29, 1.82) is 0 Å². The second-order valence-corrected chi connectivity index (χ2v) is 4.34. The van der Waals surface area contributed by atoms with E-state index < -0.39 is 0 Å². The summed E-state index contributed by atoms with van der Waals surface area (Å²) in [6.07, 6.45) is 4.21. The van der Waals surface area contributed by atoms with E-state index in [9.17, 15) is 4.79 Å². The first-order valence-electron chi connectivity index (χ1n) is 5.64. The van der Waals surface area contributed by atoms with E-state index in [1.807, 2.05) is 43.5 Å². The van der Waals surface area contributed by atoms with E-state index in [4.69, 9.17) is 0 Å². The van der Waals surface area contributed by atoms with Crippen LogP contribution in [0.2, 0.25) is 0 Å². The number of benzene rings is 1. The molecule has 0 spiro atoms. The lowest BCUT2D eigenvalue weighted by molar-refractivity contribution is -0.131. The van der Waals surface area contributed by atoms with Gasteiger partial charge in [-0.25, -0.2) is 0 Å². The summed E-state index contributed by atoms with van der Waals surface area (Å²) < 4.78 is 0.